The Balaban J connectivity index is 2.91. The van der Waals surface area contributed by atoms with Gasteiger partial charge in [0.1, 0.15) is 5.69 Å². The van der Waals surface area contributed by atoms with Crippen LogP contribution in [0.25, 0.3) is 0 Å². The normalized spacial score (nSPS) is 10.3. The Morgan fingerprint density at radius 3 is 3.00 bits per heavy atom. The maximum absolute atomic E-state index is 8.93. The number of aromatic nitrogens is 3. The third-order valence-corrected chi connectivity index (χ3v) is 1.65. The molecule has 0 saturated heterocycles. The van der Waals surface area contributed by atoms with Crippen LogP contribution in [-0.2, 0) is 24.5 Å². The lowest BCUT2D eigenvalue weighted by Gasteiger charge is -2.03. The van der Waals surface area contributed by atoms with Gasteiger partial charge in [-0.3, -0.25) is 0 Å². The number of rotatable bonds is 5. The van der Waals surface area contributed by atoms with Gasteiger partial charge < -0.3 is 9.84 Å². The van der Waals surface area contributed by atoms with Crippen LogP contribution in [0, 0.1) is 0 Å². The zero-order valence-corrected chi connectivity index (χ0v) is 7.60. The number of aliphatic hydroxyl groups excluding tert-OH is 1. The van der Waals surface area contributed by atoms with Crippen molar-refractivity contribution in [3.8, 4) is 0 Å². The molecule has 0 atom stereocenters. The smallest absolute Gasteiger partial charge is 0.114 e. The average molecular weight is 183 g/mol. The summed E-state index contributed by atoms with van der Waals surface area (Å²) in [5.41, 5.74) is 1.36. The molecule has 1 N–H and O–H groups in total. The first-order valence-corrected chi connectivity index (χ1v) is 3.95. The summed E-state index contributed by atoms with van der Waals surface area (Å²) in [6.07, 6.45) is 1.72. The van der Waals surface area contributed by atoms with Gasteiger partial charge >= 0.3 is 0 Å². The molecule has 1 rings (SSSR count). The quantitative estimate of drug-likeness (QED) is 0.658. The Bertz CT molecular complexity index is 283. The van der Waals surface area contributed by atoms with Crippen LogP contribution < -0.4 is 0 Å². The molecule has 1 aromatic rings. The molecule has 0 spiro atoms. The van der Waals surface area contributed by atoms with Gasteiger partial charge in [-0.15, -0.1) is 11.7 Å². The van der Waals surface area contributed by atoms with E-state index < -0.39 is 0 Å². The van der Waals surface area contributed by atoms with E-state index in [1.54, 1.807) is 17.9 Å². The minimum Gasteiger partial charge on any atom is -0.390 e. The predicted molar refractivity (Wildman–Crippen MR) is 46.9 cm³/mol. The Morgan fingerprint density at radius 2 is 2.46 bits per heavy atom. The highest BCUT2D eigenvalue weighted by Crippen LogP contribution is 2.06. The van der Waals surface area contributed by atoms with Gasteiger partial charge in [-0.1, -0.05) is 11.3 Å². The minimum absolute atomic E-state index is 0.115. The number of allylic oxidation sites excluding steroid dienone is 1. The molecule has 0 saturated carbocycles. The number of hydrogen-bond acceptors (Lipinski definition) is 4. The zero-order chi connectivity index (χ0) is 9.68. The maximum Gasteiger partial charge on any atom is 0.114 e. The molecule has 72 valence electrons. The molecule has 0 unspecified atom stereocenters. The van der Waals surface area contributed by atoms with Crippen molar-refractivity contribution in [1.82, 2.24) is 15.0 Å². The summed E-state index contributed by atoms with van der Waals surface area (Å²) in [6, 6.07) is 0. The Hall–Kier alpha value is -1.20. The summed E-state index contributed by atoms with van der Waals surface area (Å²) in [7, 11) is 1.59. The van der Waals surface area contributed by atoms with E-state index in [1.807, 2.05) is 0 Å². The lowest BCUT2D eigenvalue weighted by Crippen LogP contribution is -2.05. The summed E-state index contributed by atoms with van der Waals surface area (Å²) < 4.78 is 6.62. The van der Waals surface area contributed by atoms with Crippen LogP contribution in [0.5, 0.6) is 0 Å². The molecular weight excluding hydrogens is 170 g/mol. The number of hydrogen-bond donors (Lipinski definition) is 1. The van der Waals surface area contributed by atoms with Gasteiger partial charge in [0.05, 0.1) is 25.5 Å². The topological polar surface area (TPSA) is 60.2 Å². The van der Waals surface area contributed by atoms with Crippen molar-refractivity contribution >= 4 is 0 Å². The third kappa shape index (κ3) is 2.13. The number of nitrogens with zero attached hydrogens (tertiary/aromatic N) is 3. The van der Waals surface area contributed by atoms with Crippen molar-refractivity contribution in [1.29, 1.82) is 0 Å². The van der Waals surface area contributed by atoms with Crippen molar-refractivity contribution in [2.45, 2.75) is 19.8 Å². The monoisotopic (exact) mass is 183 g/mol. The number of methoxy groups -OCH3 is 1. The van der Waals surface area contributed by atoms with Crippen LogP contribution >= 0.6 is 0 Å². The Labute approximate surface area is 76.6 Å². The average Bonchev–Trinajstić information content (AvgIpc) is 2.50. The zero-order valence-electron chi connectivity index (χ0n) is 7.60. The van der Waals surface area contributed by atoms with E-state index in [1.165, 1.54) is 0 Å². The van der Waals surface area contributed by atoms with E-state index in [0.29, 0.717) is 18.8 Å². The van der Waals surface area contributed by atoms with Crippen molar-refractivity contribution < 1.29 is 9.84 Å². The minimum atomic E-state index is -0.115. The largest absolute Gasteiger partial charge is 0.390 e. The molecule has 1 heterocycles. The SMILES string of the molecule is C=CCn1nnc(CO)c1COC. The van der Waals surface area contributed by atoms with E-state index >= 15 is 0 Å². The highest BCUT2D eigenvalue weighted by molar-refractivity contribution is 5.08. The lowest BCUT2D eigenvalue weighted by atomic mass is 10.3. The summed E-state index contributed by atoms with van der Waals surface area (Å²) in [6.45, 7) is 4.46. The summed E-state index contributed by atoms with van der Waals surface area (Å²) in [5, 5.41) is 16.6. The second-order valence-electron chi connectivity index (χ2n) is 2.54. The van der Waals surface area contributed by atoms with Crippen molar-refractivity contribution in [2.24, 2.45) is 0 Å². The first kappa shape index (κ1) is 9.88. The van der Waals surface area contributed by atoms with Crippen LogP contribution in [0.4, 0.5) is 0 Å². The molecule has 13 heavy (non-hydrogen) atoms. The van der Waals surface area contributed by atoms with Crippen molar-refractivity contribution in [3.05, 3.63) is 24.0 Å². The van der Waals surface area contributed by atoms with Gasteiger partial charge in [0.2, 0.25) is 0 Å². The highest BCUT2D eigenvalue weighted by Gasteiger charge is 2.10. The molecule has 0 aliphatic rings. The van der Waals surface area contributed by atoms with Crippen LogP contribution in [-0.4, -0.2) is 27.2 Å². The van der Waals surface area contributed by atoms with Gasteiger partial charge in [0, 0.05) is 7.11 Å². The van der Waals surface area contributed by atoms with Crippen LogP contribution in [0.2, 0.25) is 0 Å². The van der Waals surface area contributed by atoms with E-state index in [4.69, 9.17) is 9.84 Å². The molecule has 0 bridgehead atoms. The summed E-state index contributed by atoms with van der Waals surface area (Å²) in [5.74, 6) is 0. The summed E-state index contributed by atoms with van der Waals surface area (Å²) in [4.78, 5) is 0. The fourth-order valence-corrected chi connectivity index (χ4v) is 1.06. The molecular formula is C8H13N3O2. The van der Waals surface area contributed by atoms with Crippen LogP contribution in [0.15, 0.2) is 12.7 Å². The van der Waals surface area contributed by atoms with E-state index in [0.717, 1.165) is 5.69 Å². The second kappa shape index (κ2) is 4.74. The fraction of sp³-hybridized carbons (Fsp3) is 0.500. The van der Waals surface area contributed by atoms with Gasteiger partial charge in [0.25, 0.3) is 0 Å². The Morgan fingerprint density at radius 1 is 1.69 bits per heavy atom. The highest BCUT2D eigenvalue weighted by atomic mass is 16.5. The van der Waals surface area contributed by atoms with Gasteiger partial charge in [-0.25, -0.2) is 4.68 Å². The van der Waals surface area contributed by atoms with Crippen molar-refractivity contribution in [3.63, 3.8) is 0 Å². The molecule has 5 nitrogen and oxygen atoms in total. The molecule has 0 amide bonds. The molecule has 0 aromatic carbocycles. The molecule has 0 aliphatic carbocycles. The first-order valence-electron chi connectivity index (χ1n) is 3.95. The standard InChI is InChI=1S/C8H13N3O2/c1-3-4-11-8(6-13-2)7(5-12)9-10-11/h3,12H,1,4-6H2,2H3. The predicted octanol–water partition coefficient (Wildman–Crippen LogP) is 0.103. The Kier molecular flexibility index (Phi) is 3.60. The number of ether oxygens (including phenoxy) is 1. The molecule has 1 aromatic heterocycles. The van der Waals surface area contributed by atoms with Gasteiger partial charge in [0.15, 0.2) is 0 Å². The van der Waals surface area contributed by atoms with E-state index in [9.17, 15) is 0 Å². The third-order valence-electron chi connectivity index (χ3n) is 1.65. The molecule has 0 fully saturated rings. The lowest BCUT2D eigenvalue weighted by molar-refractivity contribution is 0.173. The number of aliphatic hydroxyl groups is 1. The van der Waals surface area contributed by atoms with Crippen LogP contribution in [0.1, 0.15) is 11.4 Å². The fourth-order valence-electron chi connectivity index (χ4n) is 1.06. The maximum atomic E-state index is 8.93. The van der Waals surface area contributed by atoms with Gasteiger partial charge in [-0.2, -0.15) is 0 Å². The van der Waals surface area contributed by atoms with Gasteiger partial charge in [-0.05, 0) is 0 Å². The molecule has 0 radical (unpaired) electrons. The second-order valence-corrected chi connectivity index (χ2v) is 2.54. The van der Waals surface area contributed by atoms with Crippen molar-refractivity contribution in [2.75, 3.05) is 7.11 Å². The molecule has 5 heteroatoms. The summed E-state index contributed by atoms with van der Waals surface area (Å²) >= 11 is 0. The van der Waals surface area contributed by atoms with Crippen LogP contribution in [0.3, 0.4) is 0 Å². The molecule has 0 aliphatic heterocycles. The first-order chi connectivity index (χ1) is 6.33. The van der Waals surface area contributed by atoms with E-state index in [2.05, 4.69) is 16.9 Å². The van der Waals surface area contributed by atoms with E-state index in [-0.39, 0.29) is 6.61 Å².